The molecule has 0 aliphatic heterocycles. The third kappa shape index (κ3) is 3.61. The summed E-state index contributed by atoms with van der Waals surface area (Å²) in [6, 6.07) is 6.86. The average Bonchev–Trinajstić information content (AvgIpc) is 2.28. The number of carbonyl (C=O) groups excluding carboxylic acids is 1. The summed E-state index contributed by atoms with van der Waals surface area (Å²) in [7, 11) is 0. The molecule has 0 heterocycles. The number of hydrogen-bond acceptors (Lipinski definition) is 2. The van der Waals surface area contributed by atoms with Crippen molar-refractivity contribution in [2.24, 2.45) is 5.73 Å². The van der Waals surface area contributed by atoms with Gasteiger partial charge in [-0.1, -0.05) is 35.7 Å². The Hall–Kier alpha value is -1.79. The van der Waals surface area contributed by atoms with Gasteiger partial charge in [-0.05, 0) is 26.3 Å². The maximum absolute atomic E-state index is 11.9. The lowest BCUT2D eigenvalue weighted by molar-refractivity contribution is -0.123. The molecule has 0 aliphatic rings. The average molecular weight is 230 g/mol. The number of amides is 1. The third-order valence-corrected chi connectivity index (χ3v) is 2.52. The van der Waals surface area contributed by atoms with Crippen molar-refractivity contribution in [2.75, 3.05) is 0 Å². The minimum absolute atomic E-state index is 0.267. The standard InChI is InChI=1S/C14H18N2O/c1-5-14(3,4)16-13(17)12(15)11-8-6-10(2)7-9-11/h1,6-9,12H,15H2,2-4H3,(H,16,17). The molecule has 1 atom stereocenters. The Labute approximate surface area is 102 Å². The van der Waals surface area contributed by atoms with Gasteiger partial charge < -0.3 is 11.1 Å². The Bertz CT molecular complexity index is 440. The van der Waals surface area contributed by atoms with E-state index in [4.69, 9.17) is 12.2 Å². The Kier molecular flexibility index (Phi) is 3.93. The summed E-state index contributed by atoms with van der Waals surface area (Å²) in [6.07, 6.45) is 5.31. The van der Waals surface area contributed by atoms with Gasteiger partial charge in [0.1, 0.15) is 6.04 Å². The quantitative estimate of drug-likeness (QED) is 0.774. The minimum atomic E-state index is -0.691. The largest absolute Gasteiger partial charge is 0.339 e. The number of terminal acetylenes is 1. The first-order valence-corrected chi connectivity index (χ1v) is 5.47. The predicted molar refractivity (Wildman–Crippen MR) is 69.2 cm³/mol. The second-order valence-corrected chi connectivity index (χ2v) is 4.65. The first kappa shape index (κ1) is 13.3. The summed E-state index contributed by atoms with van der Waals surface area (Å²) in [5, 5.41) is 2.72. The molecule has 0 aromatic heterocycles. The number of benzene rings is 1. The van der Waals surface area contributed by atoms with E-state index in [-0.39, 0.29) is 5.91 Å². The van der Waals surface area contributed by atoms with Crippen molar-refractivity contribution in [2.45, 2.75) is 32.4 Å². The first-order valence-electron chi connectivity index (χ1n) is 5.47. The normalized spacial score (nSPS) is 12.6. The molecule has 0 saturated heterocycles. The van der Waals surface area contributed by atoms with Crippen LogP contribution in [0.2, 0.25) is 0 Å². The lowest BCUT2D eigenvalue weighted by Gasteiger charge is -2.22. The van der Waals surface area contributed by atoms with Crippen LogP contribution in [0, 0.1) is 19.3 Å². The summed E-state index contributed by atoms with van der Waals surface area (Å²) >= 11 is 0. The van der Waals surface area contributed by atoms with Crippen molar-refractivity contribution in [1.82, 2.24) is 5.32 Å². The van der Waals surface area contributed by atoms with E-state index in [0.717, 1.165) is 11.1 Å². The van der Waals surface area contributed by atoms with Crippen LogP contribution in [0.5, 0.6) is 0 Å². The summed E-state index contributed by atoms with van der Waals surface area (Å²) in [6.45, 7) is 5.50. The molecule has 1 aromatic rings. The first-order chi connectivity index (χ1) is 7.85. The minimum Gasteiger partial charge on any atom is -0.339 e. The molecule has 90 valence electrons. The Balaban J connectivity index is 2.78. The lowest BCUT2D eigenvalue weighted by Crippen LogP contribution is -2.46. The van der Waals surface area contributed by atoms with E-state index < -0.39 is 11.6 Å². The number of aryl methyl sites for hydroxylation is 1. The molecule has 17 heavy (non-hydrogen) atoms. The van der Waals surface area contributed by atoms with E-state index in [2.05, 4.69) is 11.2 Å². The van der Waals surface area contributed by atoms with Crippen molar-refractivity contribution in [3.8, 4) is 12.3 Å². The molecule has 0 radical (unpaired) electrons. The SMILES string of the molecule is C#CC(C)(C)NC(=O)C(N)c1ccc(C)cc1. The smallest absolute Gasteiger partial charge is 0.242 e. The maximum Gasteiger partial charge on any atom is 0.242 e. The van der Waals surface area contributed by atoms with Crippen LogP contribution in [0.25, 0.3) is 0 Å². The second kappa shape index (κ2) is 5.03. The van der Waals surface area contributed by atoms with Gasteiger partial charge in [0.05, 0.1) is 5.54 Å². The molecule has 1 amide bonds. The van der Waals surface area contributed by atoms with Crippen LogP contribution >= 0.6 is 0 Å². The van der Waals surface area contributed by atoms with E-state index in [1.807, 2.05) is 31.2 Å². The van der Waals surface area contributed by atoms with Gasteiger partial charge >= 0.3 is 0 Å². The fourth-order valence-electron chi connectivity index (χ4n) is 1.35. The van der Waals surface area contributed by atoms with Gasteiger partial charge in [-0.25, -0.2) is 0 Å². The van der Waals surface area contributed by atoms with Crippen molar-refractivity contribution < 1.29 is 4.79 Å². The zero-order chi connectivity index (χ0) is 13.1. The Morgan fingerprint density at radius 1 is 1.41 bits per heavy atom. The zero-order valence-corrected chi connectivity index (χ0v) is 10.4. The topological polar surface area (TPSA) is 55.1 Å². The van der Waals surface area contributed by atoms with E-state index >= 15 is 0 Å². The highest BCUT2D eigenvalue weighted by molar-refractivity contribution is 5.83. The summed E-state index contributed by atoms with van der Waals surface area (Å²) in [5.74, 6) is 2.23. The van der Waals surface area contributed by atoms with Crippen LogP contribution in [-0.4, -0.2) is 11.4 Å². The van der Waals surface area contributed by atoms with Gasteiger partial charge in [0.2, 0.25) is 5.91 Å². The van der Waals surface area contributed by atoms with E-state index in [1.165, 1.54) is 0 Å². The molecule has 3 N–H and O–H groups in total. The molecule has 1 unspecified atom stereocenters. The zero-order valence-electron chi connectivity index (χ0n) is 10.4. The van der Waals surface area contributed by atoms with Gasteiger partial charge in [0.15, 0.2) is 0 Å². The van der Waals surface area contributed by atoms with Gasteiger partial charge in [0.25, 0.3) is 0 Å². The van der Waals surface area contributed by atoms with E-state index in [1.54, 1.807) is 13.8 Å². The van der Waals surface area contributed by atoms with Gasteiger partial charge in [-0.3, -0.25) is 4.79 Å². The molecular weight excluding hydrogens is 212 g/mol. The lowest BCUT2D eigenvalue weighted by atomic mass is 10.0. The van der Waals surface area contributed by atoms with Gasteiger partial charge in [-0.2, -0.15) is 0 Å². The van der Waals surface area contributed by atoms with Crippen molar-refractivity contribution >= 4 is 5.91 Å². The monoisotopic (exact) mass is 230 g/mol. The molecular formula is C14H18N2O. The molecule has 0 fully saturated rings. The fraction of sp³-hybridized carbons (Fsp3) is 0.357. The number of rotatable bonds is 3. The summed E-state index contributed by atoms with van der Waals surface area (Å²) < 4.78 is 0. The second-order valence-electron chi connectivity index (χ2n) is 4.65. The predicted octanol–water partition coefficient (Wildman–Crippen LogP) is 1.52. The van der Waals surface area contributed by atoms with Crippen LogP contribution < -0.4 is 11.1 Å². The molecule has 1 rings (SSSR count). The number of hydrogen-bond donors (Lipinski definition) is 2. The Morgan fingerprint density at radius 3 is 2.41 bits per heavy atom. The molecule has 0 saturated carbocycles. The summed E-state index contributed by atoms with van der Waals surface area (Å²) in [5.41, 5.74) is 7.10. The third-order valence-electron chi connectivity index (χ3n) is 2.52. The van der Waals surface area contributed by atoms with Crippen molar-refractivity contribution in [1.29, 1.82) is 0 Å². The maximum atomic E-state index is 11.9. The van der Waals surface area contributed by atoms with Crippen LogP contribution in [0.1, 0.15) is 31.0 Å². The molecule has 0 spiro atoms. The number of nitrogens with one attached hydrogen (secondary N) is 1. The molecule has 1 aromatic carbocycles. The highest BCUT2D eigenvalue weighted by Crippen LogP contribution is 2.13. The number of carbonyl (C=O) groups is 1. The van der Waals surface area contributed by atoms with Crippen LogP contribution in [0.3, 0.4) is 0 Å². The highest BCUT2D eigenvalue weighted by Gasteiger charge is 2.22. The van der Waals surface area contributed by atoms with E-state index in [9.17, 15) is 4.79 Å². The van der Waals surface area contributed by atoms with E-state index in [0.29, 0.717) is 0 Å². The van der Waals surface area contributed by atoms with Crippen molar-refractivity contribution in [3.63, 3.8) is 0 Å². The van der Waals surface area contributed by atoms with Gasteiger partial charge in [0, 0.05) is 0 Å². The van der Waals surface area contributed by atoms with Crippen molar-refractivity contribution in [3.05, 3.63) is 35.4 Å². The molecule has 3 nitrogen and oxygen atoms in total. The summed E-state index contributed by atoms with van der Waals surface area (Å²) in [4.78, 5) is 11.9. The fourth-order valence-corrected chi connectivity index (χ4v) is 1.35. The number of nitrogens with two attached hydrogens (primary N) is 1. The molecule has 0 aliphatic carbocycles. The Morgan fingerprint density at radius 2 is 1.94 bits per heavy atom. The van der Waals surface area contributed by atoms with Gasteiger partial charge in [-0.15, -0.1) is 6.42 Å². The van der Waals surface area contributed by atoms with Crippen LogP contribution in [0.4, 0.5) is 0 Å². The molecule has 3 heteroatoms. The highest BCUT2D eigenvalue weighted by atomic mass is 16.2. The van der Waals surface area contributed by atoms with Crippen LogP contribution in [0.15, 0.2) is 24.3 Å². The molecule has 0 bridgehead atoms. The van der Waals surface area contributed by atoms with Crippen LogP contribution in [-0.2, 0) is 4.79 Å².